The highest BCUT2D eigenvalue weighted by Crippen LogP contribution is 2.32. The van der Waals surface area contributed by atoms with Crippen molar-refractivity contribution in [2.75, 3.05) is 13.6 Å². The summed E-state index contributed by atoms with van der Waals surface area (Å²) >= 11 is 0. The van der Waals surface area contributed by atoms with Crippen molar-refractivity contribution in [1.29, 1.82) is 0 Å². The summed E-state index contributed by atoms with van der Waals surface area (Å²) in [5, 5.41) is 0. The minimum atomic E-state index is -0.0534. The van der Waals surface area contributed by atoms with E-state index in [0.29, 0.717) is 18.9 Å². The predicted molar refractivity (Wildman–Crippen MR) is 83.0 cm³/mol. The molecule has 0 heterocycles. The van der Waals surface area contributed by atoms with Crippen LogP contribution >= 0.6 is 0 Å². The molecule has 0 bridgehead atoms. The van der Waals surface area contributed by atoms with E-state index >= 15 is 0 Å². The minimum absolute atomic E-state index is 0.0534. The third-order valence-corrected chi connectivity index (χ3v) is 4.59. The highest BCUT2D eigenvalue weighted by Gasteiger charge is 2.28. The van der Waals surface area contributed by atoms with E-state index in [1.165, 1.54) is 0 Å². The lowest BCUT2D eigenvalue weighted by Crippen LogP contribution is -2.44. The first kappa shape index (κ1) is 18.4. The van der Waals surface area contributed by atoms with Crippen molar-refractivity contribution in [3.63, 3.8) is 0 Å². The Morgan fingerprint density at radius 2 is 1.68 bits per heavy atom. The summed E-state index contributed by atoms with van der Waals surface area (Å²) in [6.45, 7) is 13.8. The van der Waals surface area contributed by atoms with Crippen LogP contribution in [0.25, 0.3) is 0 Å². The molecule has 0 aromatic heterocycles. The van der Waals surface area contributed by atoms with E-state index in [2.05, 4.69) is 41.5 Å². The molecular weight excluding hydrogens is 236 g/mol. The van der Waals surface area contributed by atoms with Gasteiger partial charge < -0.3 is 10.6 Å². The average molecular weight is 270 g/mol. The number of nitrogens with two attached hydrogens (primary N) is 1. The third-order valence-electron chi connectivity index (χ3n) is 4.59. The Labute approximate surface area is 119 Å². The Hall–Kier alpha value is -0.570. The first-order chi connectivity index (χ1) is 8.56. The molecule has 1 atom stereocenters. The molecule has 0 spiro atoms. The Morgan fingerprint density at radius 3 is 2.05 bits per heavy atom. The zero-order valence-corrected chi connectivity index (χ0v) is 14.0. The topological polar surface area (TPSA) is 46.3 Å². The second-order valence-electron chi connectivity index (χ2n) is 7.30. The normalized spacial score (nSPS) is 14.3. The number of carbonyl (C=O) groups excluding carboxylic acids is 1. The van der Waals surface area contributed by atoms with Crippen LogP contribution in [0.3, 0.4) is 0 Å². The molecule has 0 aromatic rings. The van der Waals surface area contributed by atoms with Crippen molar-refractivity contribution < 1.29 is 4.79 Å². The van der Waals surface area contributed by atoms with Crippen LogP contribution in [0.1, 0.15) is 67.2 Å². The van der Waals surface area contributed by atoms with Gasteiger partial charge in [-0.25, -0.2) is 0 Å². The van der Waals surface area contributed by atoms with Crippen molar-refractivity contribution in [2.24, 2.45) is 17.1 Å². The third kappa shape index (κ3) is 5.94. The van der Waals surface area contributed by atoms with Gasteiger partial charge >= 0.3 is 0 Å². The van der Waals surface area contributed by atoms with Gasteiger partial charge in [-0.3, -0.25) is 4.79 Å². The van der Waals surface area contributed by atoms with Gasteiger partial charge in [0.15, 0.2) is 0 Å². The van der Waals surface area contributed by atoms with Crippen molar-refractivity contribution in [2.45, 2.75) is 72.8 Å². The minimum Gasteiger partial charge on any atom is -0.341 e. The zero-order chi connectivity index (χ0) is 15.3. The molecule has 2 N–H and O–H groups in total. The molecule has 0 saturated heterocycles. The summed E-state index contributed by atoms with van der Waals surface area (Å²) in [5.74, 6) is 0.762. The standard InChI is InChI=1S/C16H34N2O/c1-8-16(5,6)18(7)14(19)10-9-13(11-12-17)15(2,3)4/h13H,8-12,17H2,1-7H3. The lowest BCUT2D eigenvalue weighted by molar-refractivity contribution is -0.135. The number of amides is 1. The molecule has 0 aliphatic carbocycles. The fourth-order valence-electron chi connectivity index (χ4n) is 2.25. The van der Waals surface area contributed by atoms with Crippen LogP contribution in [0.4, 0.5) is 0 Å². The van der Waals surface area contributed by atoms with Crippen LogP contribution in [-0.4, -0.2) is 29.9 Å². The van der Waals surface area contributed by atoms with E-state index in [4.69, 9.17) is 5.73 Å². The molecule has 0 aromatic carbocycles. The number of carbonyl (C=O) groups is 1. The van der Waals surface area contributed by atoms with Gasteiger partial charge in [0, 0.05) is 19.0 Å². The maximum atomic E-state index is 12.3. The Bertz CT molecular complexity index is 279. The van der Waals surface area contributed by atoms with E-state index in [0.717, 1.165) is 19.3 Å². The molecule has 0 rings (SSSR count). The zero-order valence-electron chi connectivity index (χ0n) is 14.0. The van der Waals surface area contributed by atoms with Gasteiger partial charge in [-0.2, -0.15) is 0 Å². The smallest absolute Gasteiger partial charge is 0.222 e. The first-order valence-corrected chi connectivity index (χ1v) is 7.53. The number of nitrogens with zero attached hydrogens (tertiary/aromatic N) is 1. The van der Waals surface area contributed by atoms with Crippen molar-refractivity contribution in [3.8, 4) is 0 Å². The maximum Gasteiger partial charge on any atom is 0.222 e. The van der Waals surface area contributed by atoms with E-state index < -0.39 is 0 Å². The van der Waals surface area contributed by atoms with Gasteiger partial charge in [0.05, 0.1) is 0 Å². The van der Waals surface area contributed by atoms with Gasteiger partial charge in [-0.05, 0) is 51.0 Å². The second kappa shape index (κ2) is 7.28. The monoisotopic (exact) mass is 270 g/mol. The maximum absolute atomic E-state index is 12.3. The van der Waals surface area contributed by atoms with Crippen LogP contribution < -0.4 is 5.73 Å². The van der Waals surface area contributed by atoms with Gasteiger partial charge in [0.25, 0.3) is 0 Å². The van der Waals surface area contributed by atoms with Crippen molar-refractivity contribution >= 4 is 5.91 Å². The fraction of sp³-hybridized carbons (Fsp3) is 0.938. The van der Waals surface area contributed by atoms with Crippen LogP contribution in [-0.2, 0) is 4.79 Å². The molecule has 3 heteroatoms. The largest absolute Gasteiger partial charge is 0.341 e. The van der Waals surface area contributed by atoms with Crippen LogP contribution in [0.15, 0.2) is 0 Å². The molecule has 114 valence electrons. The Kier molecular flexibility index (Phi) is 7.06. The Morgan fingerprint density at radius 1 is 1.16 bits per heavy atom. The first-order valence-electron chi connectivity index (χ1n) is 7.53. The highest BCUT2D eigenvalue weighted by molar-refractivity contribution is 5.76. The molecule has 19 heavy (non-hydrogen) atoms. The SMILES string of the molecule is CCC(C)(C)N(C)C(=O)CCC(CCN)C(C)(C)C. The summed E-state index contributed by atoms with van der Waals surface area (Å²) in [4.78, 5) is 14.2. The second-order valence-corrected chi connectivity index (χ2v) is 7.30. The van der Waals surface area contributed by atoms with Gasteiger partial charge in [-0.15, -0.1) is 0 Å². The van der Waals surface area contributed by atoms with Crippen molar-refractivity contribution in [1.82, 2.24) is 4.90 Å². The van der Waals surface area contributed by atoms with E-state index in [1.54, 1.807) is 0 Å². The summed E-state index contributed by atoms with van der Waals surface area (Å²) in [6, 6.07) is 0. The lowest BCUT2D eigenvalue weighted by Gasteiger charge is -2.36. The highest BCUT2D eigenvalue weighted by atomic mass is 16.2. The quantitative estimate of drug-likeness (QED) is 0.770. The summed E-state index contributed by atoms with van der Waals surface area (Å²) in [7, 11) is 1.92. The molecule has 0 aliphatic heterocycles. The lowest BCUT2D eigenvalue weighted by atomic mass is 9.76. The molecule has 3 nitrogen and oxygen atoms in total. The fourth-order valence-corrected chi connectivity index (χ4v) is 2.25. The van der Waals surface area contributed by atoms with Crippen LogP contribution in [0.5, 0.6) is 0 Å². The molecule has 0 saturated carbocycles. The van der Waals surface area contributed by atoms with E-state index in [1.807, 2.05) is 11.9 Å². The van der Waals surface area contributed by atoms with E-state index in [-0.39, 0.29) is 16.9 Å². The van der Waals surface area contributed by atoms with E-state index in [9.17, 15) is 4.79 Å². The van der Waals surface area contributed by atoms with Gasteiger partial charge in [0.1, 0.15) is 0 Å². The molecule has 0 fully saturated rings. The molecular formula is C16H34N2O. The number of hydrogen-bond donors (Lipinski definition) is 1. The number of hydrogen-bond acceptors (Lipinski definition) is 2. The van der Waals surface area contributed by atoms with Gasteiger partial charge in [0.2, 0.25) is 5.91 Å². The molecule has 0 radical (unpaired) electrons. The van der Waals surface area contributed by atoms with Crippen LogP contribution in [0, 0.1) is 11.3 Å². The molecule has 0 aliphatic rings. The predicted octanol–water partition coefficient (Wildman–Crippen LogP) is 3.42. The van der Waals surface area contributed by atoms with Crippen LogP contribution in [0.2, 0.25) is 0 Å². The molecule has 1 amide bonds. The molecule has 1 unspecified atom stereocenters. The average Bonchev–Trinajstić information content (AvgIpc) is 2.31. The summed E-state index contributed by atoms with van der Waals surface area (Å²) in [5.41, 5.74) is 5.86. The summed E-state index contributed by atoms with van der Waals surface area (Å²) < 4.78 is 0. The van der Waals surface area contributed by atoms with Gasteiger partial charge in [-0.1, -0.05) is 27.7 Å². The Balaban J connectivity index is 4.49. The van der Waals surface area contributed by atoms with Crippen molar-refractivity contribution in [3.05, 3.63) is 0 Å². The summed E-state index contributed by atoms with van der Waals surface area (Å²) in [6.07, 6.45) is 3.53. The number of rotatable bonds is 7.